The summed E-state index contributed by atoms with van der Waals surface area (Å²) in [7, 11) is 0. The maximum atomic E-state index is 12.3. The zero-order chi connectivity index (χ0) is 11.0. The van der Waals surface area contributed by atoms with E-state index in [0.717, 1.165) is 14.6 Å². The van der Waals surface area contributed by atoms with Gasteiger partial charge in [-0.1, -0.05) is 0 Å². The molecule has 1 N–H and O–H groups in total. The molecule has 0 radical (unpaired) electrons. The summed E-state index contributed by atoms with van der Waals surface area (Å²) >= 11 is 7.15. The number of benzene rings is 1. The number of aromatic nitrogens is 2. The Morgan fingerprint density at radius 3 is 2.87 bits per heavy atom. The molecular weight excluding hydrogens is 333 g/mol. The molecule has 0 saturated heterocycles. The second-order valence-electron chi connectivity index (χ2n) is 3.09. The second kappa shape index (κ2) is 4.17. The molecular formula is C9H7F2IN2S. The number of aromatic amines is 1. The number of nitrogens with zero attached hydrogens (tertiary/aromatic N) is 1. The molecule has 0 atom stereocenters. The van der Waals surface area contributed by atoms with E-state index in [0.29, 0.717) is 4.77 Å². The van der Waals surface area contributed by atoms with Gasteiger partial charge in [-0.3, -0.25) is 0 Å². The zero-order valence-corrected chi connectivity index (χ0v) is 10.5. The van der Waals surface area contributed by atoms with Gasteiger partial charge in [0.25, 0.3) is 6.43 Å². The fourth-order valence-corrected chi connectivity index (χ4v) is 2.23. The third-order valence-corrected chi connectivity index (χ3v) is 3.05. The van der Waals surface area contributed by atoms with Crippen molar-refractivity contribution >= 4 is 45.8 Å². The van der Waals surface area contributed by atoms with Gasteiger partial charge in [0, 0.05) is 3.57 Å². The Hall–Kier alpha value is -0.500. The van der Waals surface area contributed by atoms with E-state index in [2.05, 4.69) is 27.6 Å². The summed E-state index contributed by atoms with van der Waals surface area (Å²) in [5, 5.41) is 0. The van der Waals surface area contributed by atoms with Crippen molar-refractivity contribution in [2.24, 2.45) is 0 Å². The molecule has 1 aromatic heterocycles. The maximum Gasteiger partial charge on any atom is 0.256 e. The third-order valence-electron chi connectivity index (χ3n) is 2.06. The third kappa shape index (κ3) is 2.20. The first-order valence-electron chi connectivity index (χ1n) is 4.24. The molecule has 15 heavy (non-hydrogen) atoms. The molecule has 0 spiro atoms. The highest BCUT2D eigenvalue weighted by Gasteiger charge is 2.09. The Bertz CT molecular complexity index is 547. The van der Waals surface area contributed by atoms with Crippen LogP contribution >= 0.6 is 34.8 Å². The fraction of sp³-hybridized carbons (Fsp3) is 0.222. The van der Waals surface area contributed by atoms with Crippen LogP contribution in [0.15, 0.2) is 18.2 Å². The van der Waals surface area contributed by atoms with Crippen LogP contribution in [0.4, 0.5) is 8.78 Å². The van der Waals surface area contributed by atoms with E-state index in [1.807, 2.05) is 12.1 Å². The molecule has 2 aromatic rings. The van der Waals surface area contributed by atoms with E-state index < -0.39 is 6.43 Å². The van der Waals surface area contributed by atoms with Crippen molar-refractivity contribution in [1.29, 1.82) is 0 Å². The van der Waals surface area contributed by atoms with Crippen molar-refractivity contribution in [2.75, 3.05) is 0 Å². The quantitative estimate of drug-likeness (QED) is 0.655. The number of imidazole rings is 1. The lowest BCUT2D eigenvalue weighted by Gasteiger charge is -2.02. The minimum Gasteiger partial charge on any atom is -0.331 e. The summed E-state index contributed by atoms with van der Waals surface area (Å²) in [5.41, 5.74) is 1.52. The summed E-state index contributed by atoms with van der Waals surface area (Å²) in [6.07, 6.45) is -2.39. The Balaban J connectivity index is 2.63. The summed E-state index contributed by atoms with van der Waals surface area (Å²) in [6.45, 7) is -0.362. The second-order valence-corrected chi connectivity index (χ2v) is 4.73. The Labute approximate surface area is 103 Å². The Morgan fingerprint density at radius 1 is 1.47 bits per heavy atom. The average molecular weight is 340 g/mol. The van der Waals surface area contributed by atoms with Crippen molar-refractivity contribution in [3.63, 3.8) is 0 Å². The normalized spacial score (nSPS) is 11.5. The van der Waals surface area contributed by atoms with Gasteiger partial charge in [0.1, 0.15) is 0 Å². The number of hydrogen-bond donors (Lipinski definition) is 1. The molecule has 1 aromatic carbocycles. The molecule has 0 unspecified atom stereocenters. The van der Waals surface area contributed by atoms with Gasteiger partial charge in [0.15, 0.2) is 4.77 Å². The zero-order valence-electron chi connectivity index (χ0n) is 7.51. The predicted molar refractivity (Wildman–Crippen MR) is 65.8 cm³/mol. The highest BCUT2D eigenvalue weighted by Crippen LogP contribution is 2.18. The predicted octanol–water partition coefficient (Wildman–Crippen LogP) is 3.57. The van der Waals surface area contributed by atoms with Crippen LogP contribution in [0.3, 0.4) is 0 Å². The monoisotopic (exact) mass is 340 g/mol. The van der Waals surface area contributed by atoms with Crippen LogP contribution in [0.5, 0.6) is 0 Å². The first-order chi connectivity index (χ1) is 7.08. The average Bonchev–Trinajstić information content (AvgIpc) is 2.41. The first-order valence-corrected chi connectivity index (χ1v) is 5.73. The summed E-state index contributed by atoms with van der Waals surface area (Å²) in [6, 6.07) is 5.55. The van der Waals surface area contributed by atoms with E-state index in [1.165, 1.54) is 4.57 Å². The fourth-order valence-electron chi connectivity index (χ4n) is 1.46. The number of hydrogen-bond acceptors (Lipinski definition) is 1. The Kier molecular flexibility index (Phi) is 3.06. The van der Waals surface area contributed by atoms with E-state index >= 15 is 0 Å². The van der Waals surface area contributed by atoms with Gasteiger partial charge < -0.3 is 9.55 Å². The van der Waals surface area contributed by atoms with Crippen LogP contribution < -0.4 is 0 Å². The van der Waals surface area contributed by atoms with Gasteiger partial charge in [-0.15, -0.1) is 0 Å². The molecule has 80 valence electrons. The molecule has 0 aliphatic heterocycles. The lowest BCUT2D eigenvalue weighted by Crippen LogP contribution is -2.06. The van der Waals surface area contributed by atoms with Gasteiger partial charge in [-0.05, 0) is 53.0 Å². The minimum atomic E-state index is -2.39. The number of nitrogens with one attached hydrogen (secondary N) is 1. The molecule has 0 fully saturated rings. The van der Waals surface area contributed by atoms with Gasteiger partial charge in [0.05, 0.1) is 17.6 Å². The van der Waals surface area contributed by atoms with Crippen molar-refractivity contribution in [1.82, 2.24) is 9.55 Å². The molecule has 0 saturated carbocycles. The van der Waals surface area contributed by atoms with Crippen LogP contribution in [0.1, 0.15) is 0 Å². The lowest BCUT2D eigenvalue weighted by molar-refractivity contribution is 0.127. The van der Waals surface area contributed by atoms with Gasteiger partial charge in [0.2, 0.25) is 0 Å². The number of rotatable bonds is 2. The van der Waals surface area contributed by atoms with Gasteiger partial charge in [-0.25, -0.2) is 8.78 Å². The molecule has 2 rings (SSSR count). The molecule has 1 heterocycles. The van der Waals surface area contributed by atoms with Crippen LogP contribution in [0.25, 0.3) is 11.0 Å². The van der Waals surface area contributed by atoms with E-state index in [9.17, 15) is 8.78 Å². The van der Waals surface area contributed by atoms with Crippen molar-refractivity contribution in [3.8, 4) is 0 Å². The smallest absolute Gasteiger partial charge is 0.256 e. The summed E-state index contributed by atoms with van der Waals surface area (Å²) < 4.78 is 27.4. The van der Waals surface area contributed by atoms with Gasteiger partial charge in [-0.2, -0.15) is 0 Å². The first kappa shape index (κ1) is 11.0. The summed E-state index contributed by atoms with van der Waals surface area (Å²) in [5.74, 6) is 0. The number of H-pyrrole nitrogens is 1. The summed E-state index contributed by atoms with van der Waals surface area (Å²) in [4.78, 5) is 2.91. The largest absolute Gasteiger partial charge is 0.331 e. The molecule has 2 nitrogen and oxygen atoms in total. The number of fused-ring (bicyclic) bond motifs is 1. The van der Waals surface area contributed by atoms with Crippen LogP contribution in [0.2, 0.25) is 0 Å². The topological polar surface area (TPSA) is 20.7 Å². The molecule has 0 amide bonds. The van der Waals surface area contributed by atoms with Gasteiger partial charge >= 0.3 is 0 Å². The number of halogens is 3. The molecule has 0 bridgehead atoms. The highest BCUT2D eigenvalue weighted by molar-refractivity contribution is 14.1. The molecule has 0 aliphatic rings. The molecule has 0 aliphatic carbocycles. The van der Waals surface area contributed by atoms with Crippen LogP contribution in [0, 0.1) is 8.34 Å². The maximum absolute atomic E-state index is 12.3. The SMILES string of the molecule is FC(F)Cn1c(=S)[nH]c2cc(I)ccc21. The van der Waals surface area contributed by atoms with E-state index in [1.54, 1.807) is 6.07 Å². The number of alkyl halides is 2. The standard InChI is InChI=1S/C9H7F2IN2S/c10-8(11)4-14-7-2-1-5(12)3-6(7)13-9(14)15/h1-3,8H,4H2,(H,13,15). The highest BCUT2D eigenvalue weighted by atomic mass is 127. The Morgan fingerprint density at radius 2 is 2.20 bits per heavy atom. The van der Waals surface area contributed by atoms with Crippen LogP contribution in [-0.4, -0.2) is 16.0 Å². The lowest BCUT2D eigenvalue weighted by atomic mass is 10.3. The van der Waals surface area contributed by atoms with E-state index in [-0.39, 0.29) is 6.54 Å². The minimum absolute atomic E-state index is 0.340. The van der Waals surface area contributed by atoms with Crippen LogP contribution in [-0.2, 0) is 6.54 Å². The van der Waals surface area contributed by atoms with Crippen molar-refractivity contribution in [3.05, 3.63) is 26.5 Å². The van der Waals surface area contributed by atoms with E-state index in [4.69, 9.17) is 12.2 Å². The van der Waals surface area contributed by atoms with Crippen molar-refractivity contribution in [2.45, 2.75) is 13.0 Å². The molecule has 6 heteroatoms. The van der Waals surface area contributed by atoms with Crippen molar-refractivity contribution < 1.29 is 8.78 Å².